The van der Waals surface area contributed by atoms with E-state index in [2.05, 4.69) is 34.4 Å². The van der Waals surface area contributed by atoms with E-state index in [4.69, 9.17) is 9.47 Å². The van der Waals surface area contributed by atoms with E-state index >= 15 is 0 Å². The van der Waals surface area contributed by atoms with Crippen LogP contribution in [0.15, 0.2) is 25.3 Å². The van der Waals surface area contributed by atoms with Gasteiger partial charge in [-0.25, -0.2) is 0 Å². The summed E-state index contributed by atoms with van der Waals surface area (Å²) >= 11 is 3.65. The van der Waals surface area contributed by atoms with E-state index in [1.54, 1.807) is 24.0 Å². The Kier molecular flexibility index (Phi) is 11.1. The van der Waals surface area contributed by atoms with Gasteiger partial charge in [0, 0.05) is 37.5 Å². The van der Waals surface area contributed by atoms with Gasteiger partial charge in [-0.15, -0.1) is 13.2 Å². The Hall–Kier alpha value is -2.24. The summed E-state index contributed by atoms with van der Waals surface area (Å²) in [6.07, 6.45) is 5.32. The van der Waals surface area contributed by atoms with Gasteiger partial charge in [-0.3, -0.25) is 19.2 Å². The van der Waals surface area contributed by atoms with Crippen LogP contribution in [0.25, 0.3) is 0 Å². The summed E-state index contributed by atoms with van der Waals surface area (Å²) in [6.45, 7) is 12.1. The molecular formula is C28H42BrN3O7. The minimum absolute atomic E-state index is 0.138. The number of allylic oxidation sites excluding steroid dienone is 1. The molecule has 11 heteroatoms. The summed E-state index contributed by atoms with van der Waals surface area (Å²) in [5, 5.41) is 12.2. The summed E-state index contributed by atoms with van der Waals surface area (Å²) in [6, 6.07) is -0.914. The lowest BCUT2D eigenvalue weighted by atomic mass is 9.70. The molecular weight excluding hydrogens is 570 g/mol. The third-order valence-corrected chi connectivity index (χ3v) is 8.62. The average Bonchev–Trinajstić information content (AvgIpc) is 3.50. The molecule has 0 saturated carbocycles. The Bertz CT molecular complexity index is 946. The fraction of sp³-hybridized carbons (Fsp3) is 0.714. The van der Waals surface area contributed by atoms with Crippen molar-refractivity contribution in [3.63, 3.8) is 0 Å². The molecule has 2 bridgehead atoms. The molecule has 3 rings (SSSR count). The molecule has 0 aliphatic carbocycles. The van der Waals surface area contributed by atoms with Crippen molar-refractivity contribution in [2.24, 2.45) is 11.8 Å². The maximum absolute atomic E-state index is 14.0. The molecule has 0 aromatic heterocycles. The second kappa shape index (κ2) is 13.9. The zero-order valence-corrected chi connectivity index (χ0v) is 24.6. The summed E-state index contributed by atoms with van der Waals surface area (Å²) in [7, 11) is 0. The maximum atomic E-state index is 14.0. The van der Waals surface area contributed by atoms with Crippen molar-refractivity contribution in [2.45, 2.75) is 81.1 Å². The predicted octanol–water partition coefficient (Wildman–Crippen LogP) is 1.95. The number of rotatable bonds is 16. The van der Waals surface area contributed by atoms with Crippen LogP contribution >= 0.6 is 15.9 Å². The van der Waals surface area contributed by atoms with Crippen molar-refractivity contribution in [3.8, 4) is 0 Å². The van der Waals surface area contributed by atoms with Crippen LogP contribution in [-0.2, 0) is 28.7 Å². The van der Waals surface area contributed by atoms with Gasteiger partial charge < -0.3 is 29.7 Å². The molecule has 3 saturated heterocycles. The lowest BCUT2D eigenvalue weighted by Gasteiger charge is -2.37. The molecule has 1 spiro atoms. The maximum Gasteiger partial charge on any atom is 0.312 e. The zero-order chi connectivity index (χ0) is 28.7. The number of hydrogen-bond donors (Lipinski definition) is 2. The molecule has 10 nitrogen and oxygen atoms in total. The standard InChI is InChI=1S/C28H42BrN3O7/c1-5-8-11-20(34)30-17-18(4)38-27(37)21-22-25(35)32(14-10-15-33)24(28(22)16-19(29)23(21)39-28)26(36)31(12-7-3)13-9-6-2/h5,7,18-19,21-24,33H,1,3,6,8-17H2,2,4H3,(H,30,34)/t18-,19?,21-,22+,23-,24-,28+/m1/s1. The fourth-order valence-electron chi connectivity index (χ4n) is 6.03. The van der Waals surface area contributed by atoms with Crippen LogP contribution < -0.4 is 5.32 Å². The highest BCUT2D eigenvalue weighted by Gasteiger charge is 2.77. The van der Waals surface area contributed by atoms with E-state index in [1.165, 1.54) is 4.90 Å². The number of ether oxygens (including phenoxy) is 2. The smallest absolute Gasteiger partial charge is 0.312 e. The van der Waals surface area contributed by atoms with Crippen LogP contribution in [0.2, 0.25) is 0 Å². The van der Waals surface area contributed by atoms with Crippen LogP contribution in [0.4, 0.5) is 0 Å². The number of likely N-dealkylation sites (tertiary alicyclic amines) is 1. The number of amides is 3. The third-order valence-electron chi connectivity index (χ3n) is 7.77. The molecule has 3 heterocycles. The first kappa shape index (κ1) is 31.3. The van der Waals surface area contributed by atoms with Crippen molar-refractivity contribution in [1.29, 1.82) is 0 Å². The Balaban J connectivity index is 1.85. The number of fused-ring (bicyclic) bond motifs is 1. The summed E-state index contributed by atoms with van der Waals surface area (Å²) in [4.78, 5) is 56.3. The minimum Gasteiger partial charge on any atom is -0.460 e. The molecule has 3 fully saturated rings. The molecule has 1 unspecified atom stereocenters. The van der Waals surface area contributed by atoms with E-state index in [9.17, 15) is 24.3 Å². The van der Waals surface area contributed by atoms with Gasteiger partial charge in [0.15, 0.2) is 0 Å². The minimum atomic E-state index is -1.18. The number of nitrogens with zero attached hydrogens (tertiary/aromatic N) is 2. The lowest BCUT2D eigenvalue weighted by Crippen LogP contribution is -2.57. The van der Waals surface area contributed by atoms with Crippen molar-refractivity contribution in [3.05, 3.63) is 25.3 Å². The number of hydrogen-bond acceptors (Lipinski definition) is 7. The number of aliphatic hydroxyl groups is 1. The van der Waals surface area contributed by atoms with Crippen LogP contribution in [0, 0.1) is 11.8 Å². The highest BCUT2D eigenvalue weighted by molar-refractivity contribution is 9.09. The third kappa shape index (κ3) is 6.41. The van der Waals surface area contributed by atoms with E-state index in [0.717, 1.165) is 12.8 Å². The van der Waals surface area contributed by atoms with Gasteiger partial charge >= 0.3 is 5.97 Å². The van der Waals surface area contributed by atoms with Gasteiger partial charge in [-0.05, 0) is 32.6 Å². The first-order valence-electron chi connectivity index (χ1n) is 13.9. The second-order valence-electron chi connectivity index (χ2n) is 10.6. The molecule has 3 aliphatic heterocycles. The van der Waals surface area contributed by atoms with Gasteiger partial charge in [0.25, 0.3) is 0 Å². The van der Waals surface area contributed by atoms with Gasteiger partial charge in [0.1, 0.15) is 17.7 Å². The Morgan fingerprint density at radius 3 is 2.72 bits per heavy atom. The van der Waals surface area contributed by atoms with Gasteiger partial charge in [-0.1, -0.05) is 41.4 Å². The Labute approximate surface area is 239 Å². The number of aliphatic hydroxyl groups excluding tert-OH is 1. The number of halogens is 1. The Morgan fingerprint density at radius 2 is 2.08 bits per heavy atom. The SMILES string of the molecule is C=CCCC(=O)NC[C@@H](C)OC(=O)[C@H]1[C@@H]2O[C@@]3(CC2Br)[C@@H]1C(=O)N(CCCO)[C@@H]3C(=O)N(CC=C)CCCC. The molecule has 3 aliphatic rings. The molecule has 0 radical (unpaired) electrons. The lowest BCUT2D eigenvalue weighted by molar-refractivity contribution is -0.159. The molecule has 7 atom stereocenters. The number of esters is 1. The summed E-state index contributed by atoms with van der Waals surface area (Å²) in [5.74, 6) is -3.08. The number of carbonyl (C=O) groups is 4. The van der Waals surface area contributed by atoms with E-state index in [0.29, 0.717) is 38.8 Å². The largest absolute Gasteiger partial charge is 0.460 e. The normalized spacial score (nSPS) is 29.6. The highest BCUT2D eigenvalue weighted by Crippen LogP contribution is 2.60. The summed E-state index contributed by atoms with van der Waals surface area (Å²) in [5.41, 5.74) is -1.18. The molecule has 3 amide bonds. The predicted molar refractivity (Wildman–Crippen MR) is 149 cm³/mol. The monoisotopic (exact) mass is 611 g/mol. The van der Waals surface area contributed by atoms with Gasteiger partial charge in [-0.2, -0.15) is 0 Å². The number of alkyl halides is 1. The van der Waals surface area contributed by atoms with Crippen LogP contribution in [-0.4, -0.2) is 100 Å². The van der Waals surface area contributed by atoms with E-state index in [1.807, 2.05) is 6.92 Å². The fourth-order valence-corrected chi connectivity index (χ4v) is 6.97. The topological polar surface area (TPSA) is 125 Å². The van der Waals surface area contributed by atoms with Gasteiger partial charge in [0.2, 0.25) is 17.7 Å². The van der Waals surface area contributed by atoms with Gasteiger partial charge in [0.05, 0.1) is 24.5 Å². The number of nitrogens with one attached hydrogen (secondary N) is 1. The van der Waals surface area contributed by atoms with Crippen LogP contribution in [0.3, 0.4) is 0 Å². The van der Waals surface area contributed by atoms with Crippen molar-refractivity contribution in [1.82, 2.24) is 15.1 Å². The molecule has 0 aromatic carbocycles. The average molecular weight is 613 g/mol. The summed E-state index contributed by atoms with van der Waals surface area (Å²) < 4.78 is 12.2. The number of carbonyl (C=O) groups excluding carboxylic acids is 4. The van der Waals surface area contributed by atoms with Crippen molar-refractivity contribution < 1.29 is 33.8 Å². The van der Waals surface area contributed by atoms with Crippen molar-refractivity contribution >= 4 is 39.6 Å². The first-order chi connectivity index (χ1) is 18.7. The van der Waals surface area contributed by atoms with Crippen molar-refractivity contribution in [2.75, 3.05) is 32.8 Å². The molecule has 0 aromatic rings. The highest BCUT2D eigenvalue weighted by atomic mass is 79.9. The molecule has 2 N–H and O–H groups in total. The number of unbranched alkanes of at least 4 members (excludes halogenated alkanes) is 1. The zero-order valence-electron chi connectivity index (χ0n) is 23.0. The quantitative estimate of drug-likeness (QED) is 0.155. The van der Waals surface area contributed by atoms with E-state index < -0.39 is 41.7 Å². The molecule has 218 valence electrons. The Morgan fingerprint density at radius 1 is 1.33 bits per heavy atom. The van der Waals surface area contributed by atoms with Crippen LogP contribution in [0.1, 0.15) is 52.4 Å². The first-order valence-corrected chi connectivity index (χ1v) is 14.8. The van der Waals surface area contributed by atoms with E-state index in [-0.39, 0.29) is 42.2 Å². The second-order valence-corrected chi connectivity index (χ2v) is 11.8. The van der Waals surface area contributed by atoms with Crippen LogP contribution in [0.5, 0.6) is 0 Å². The molecule has 39 heavy (non-hydrogen) atoms.